The van der Waals surface area contributed by atoms with E-state index in [4.69, 9.17) is 4.74 Å². The van der Waals surface area contributed by atoms with Crippen molar-refractivity contribution in [2.75, 3.05) is 18.1 Å². The summed E-state index contributed by atoms with van der Waals surface area (Å²) >= 11 is 1.50. The number of carbonyl (C=O) groups excluding carboxylic acids is 2. The molecule has 8 heteroatoms. The lowest BCUT2D eigenvalue weighted by Gasteiger charge is -2.38. The van der Waals surface area contributed by atoms with Crippen LogP contribution < -0.4 is 0 Å². The van der Waals surface area contributed by atoms with Gasteiger partial charge in [-0.15, -0.1) is 11.3 Å². The second kappa shape index (κ2) is 10.0. The maximum absolute atomic E-state index is 13.1. The van der Waals surface area contributed by atoms with Crippen molar-refractivity contribution in [2.45, 2.75) is 89.1 Å². The van der Waals surface area contributed by atoms with Crippen LogP contribution in [0.5, 0.6) is 0 Å². The lowest BCUT2D eigenvalue weighted by Crippen LogP contribution is -2.50. The molecule has 4 rings (SSSR count). The van der Waals surface area contributed by atoms with Gasteiger partial charge < -0.3 is 9.64 Å². The van der Waals surface area contributed by atoms with Crippen molar-refractivity contribution < 1.29 is 22.7 Å². The van der Waals surface area contributed by atoms with Crippen LogP contribution in [0.4, 0.5) is 0 Å². The Morgan fingerprint density at radius 1 is 0.968 bits per heavy atom. The summed E-state index contributed by atoms with van der Waals surface area (Å²) in [5.74, 6) is -0.528. The van der Waals surface area contributed by atoms with E-state index in [1.165, 1.54) is 34.6 Å². The first kappa shape index (κ1) is 22.8. The highest BCUT2D eigenvalue weighted by molar-refractivity contribution is 7.91. The number of rotatable bonds is 5. The number of ether oxygens (including phenoxy) is 1. The molecule has 0 bridgehead atoms. The molecule has 2 fully saturated rings. The molecule has 2 heterocycles. The summed E-state index contributed by atoms with van der Waals surface area (Å²) in [6.07, 6.45) is 12.3. The fourth-order valence-corrected chi connectivity index (χ4v) is 8.14. The Labute approximate surface area is 189 Å². The van der Waals surface area contributed by atoms with Crippen molar-refractivity contribution in [2.24, 2.45) is 0 Å². The number of aryl methyl sites for hydroxylation is 2. The second-order valence-electron chi connectivity index (χ2n) is 9.20. The van der Waals surface area contributed by atoms with Crippen LogP contribution >= 0.6 is 11.3 Å². The maximum atomic E-state index is 13.1. The van der Waals surface area contributed by atoms with E-state index in [0.717, 1.165) is 57.8 Å². The maximum Gasteiger partial charge on any atom is 0.348 e. The van der Waals surface area contributed by atoms with E-state index in [2.05, 4.69) is 0 Å². The zero-order valence-corrected chi connectivity index (χ0v) is 19.8. The number of amides is 1. The van der Waals surface area contributed by atoms with Crippen LogP contribution in [0.1, 0.15) is 84.3 Å². The van der Waals surface area contributed by atoms with E-state index >= 15 is 0 Å². The first-order chi connectivity index (χ1) is 14.9. The Kier molecular flexibility index (Phi) is 7.37. The Hall–Kier alpha value is -1.41. The van der Waals surface area contributed by atoms with Gasteiger partial charge in [0.05, 0.1) is 11.5 Å². The minimum absolute atomic E-state index is 0.0286. The van der Waals surface area contributed by atoms with Crippen LogP contribution in [-0.2, 0) is 32.2 Å². The van der Waals surface area contributed by atoms with Gasteiger partial charge in [0.25, 0.3) is 5.91 Å². The number of esters is 1. The van der Waals surface area contributed by atoms with Crippen molar-refractivity contribution >= 4 is 33.1 Å². The number of hydrogen-bond donors (Lipinski definition) is 0. The third-order valence-electron chi connectivity index (χ3n) is 6.88. The summed E-state index contributed by atoms with van der Waals surface area (Å²) in [7, 11) is -3.09. The molecule has 1 unspecified atom stereocenters. The normalized spacial score (nSPS) is 24.1. The minimum atomic E-state index is -3.09. The van der Waals surface area contributed by atoms with Crippen molar-refractivity contribution in [3.63, 3.8) is 0 Å². The van der Waals surface area contributed by atoms with Gasteiger partial charge in [-0.25, -0.2) is 13.2 Å². The van der Waals surface area contributed by atoms with Gasteiger partial charge in [-0.05, 0) is 56.6 Å². The average molecular weight is 468 g/mol. The fourth-order valence-electron chi connectivity index (χ4n) is 5.28. The molecule has 0 aromatic carbocycles. The molecular weight excluding hydrogens is 434 g/mol. The minimum Gasteiger partial charge on any atom is -0.451 e. The smallest absolute Gasteiger partial charge is 0.348 e. The van der Waals surface area contributed by atoms with Crippen LogP contribution in [0.25, 0.3) is 0 Å². The first-order valence-corrected chi connectivity index (χ1v) is 14.4. The molecule has 1 amide bonds. The molecule has 1 saturated heterocycles. The van der Waals surface area contributed by atoms with Crippen LogP contribution in [0.2, 0.25) is 0 Å². The zero-order chi connectivity index (χ0) is 21.8. The molecule has 1 atom stereocenters. The highest BCUT2D eigenvalue weighted by Crippen LogP contribution is 2.30. The number of thiophene rings is 1. The largest absolute Gasteiger partial charge is 0.451 e. The Morgan fingerprint density at radius 2 is 1.68 bits per heavy atom. The van der Waals surface area contributed by atoms with Gasteiger partial charge >= 0.3 is 5.97 Å². The molecule has 172 valence electrons. The van der Waals surface area contributed by atoms with Crippen molar-refractivity contribution in [3.8, 4) is 0 Å². The van der Waals surface area contributed by atoms with Gasteiger partial charge in [-0.3, -0.25) is 4.79 Å². The van der Waals surface area contributed by atoms with E-state index < -0.39 is 15.8 Å². The molecule has 0 N–H and O–H groups in total. The lowest BCUT2D eigenvalue weighted by atomic mass is 9.93. The van der Waals surface area contributed by atoms with Gasteiger partial charge in [-0.1, -0.05) is 32.1 Å². The van der Waals surface area contributed by atoms with E-state index in [0.29, 0.717) is 11.3 Å². The van der Waals surface area contributed by atoms with Crippen molar-refractivity contribution in [1.29, 1.82) is 0 Å². The van der Waals surface area contributed by atoms with E-state index in [1.54, 1.807) is 4.90 Å². The zero-order valence-electron chi connectivity index (χ0n) is 18.1. The average Bonchev–Trinajstić information content (AvgIpc) is 3.29. The van der Waals surface area contributed by atoms with E-state index in [9.17, 15) is 18.0 Å². The monoisotopic (exact) mass is 467 g/mol. The fraction of sp³-hybridized carbons (Fsp3) is 0.739. The van der Waals surface area contributed by atoms with E-state index in [-0.39, 0.29) is 36.1 Å². The second-order valence-corrected chi connectivity index (χ2v) is 12.6. The third kappa shape index (κ3) is 5.69. The molecular formula is C23H33NO5S2. The predicted molar refractivity (Wildman–Crippen MR) is 121 cm³/mol. The van der Waals surface area contributed by atoms with Gasteiger partial charge in [0.2, 0.25) is 0 Å². The Bertz CT molecular complexity index is 876. The molecule has 2 aliphatic carbocycles. The van der Waals surface area contributed by atoms with Gasteiger partial charge in [0, 0.05) is 17.0 Å². The Morgan fingerprint density at radius 3 is 2.39 bits per heavy atom. The Balaban J connectivity index is 1.41. The first-order valence-electron chi connectivity index (χ1n) is 11.7. The topological polar surface area (TPSA) is 80.8 Å². The predicted octanol–water partition coefficient (Wildman–Crippen LogP) is 3.91. The highest BCUT2D eigenvalue weighted by atomic mass is 32.2. The summed E-state index contributed by atoms with van der Waals surface area (Å²) < 4.78 is 29.5. The quantitative estimate of drug-likeness (QED) is 0.613. The van der Waals surface area contributed by atoms with Crippen molar-refractivity contribution in [3.05, 3.63) is 21.4 Å². The summed E-state index contributed by atoms with van der Waals surface area (Å²) in [5, 5.41) is 0. The molecule has 6 nitrogen and oxygen atoms in total. The van der Waals surface area contributed by atoms with Crippen LogP contribution in [-0.4, -0.2) is 55.4 Å². The molecule has 0 spiro atoms. The number of fused-ring (bicyclic) bond motifs is 1. The number of hydrogen-bond acceptors (Lipinski definition) is 6. The molecule has 1 aliphatic heterocycles. The molecule has 1 aromatic heterocycles. The van der Waals surface area contributed by atoms with Crippen LogP contribution in [0.3, 0.4) is 0 Å². The summed E-state index contributed by atoms with van der Waals surface area (Å²) in [6, 6.07) is 1.71. The van der Waals surface area contributed by atoms with E-state index in [1.807, 2.05) is 6.07 Å². The van der Waals surface area contributed by atoms with Crippen LogP contribution in [0.15, 0.2) is 6.07 Å². The molecule has 0 radical (unpaired) electrons. The third-order valence-corrected chi connectivity index (χ3v) is 9.85. The number of sulfone groups is 1. The van der Waals surface area contributed by atoms with Crippen LogP contribution in [0, 0.1) is 0 Å². The van der Waals surface area contributed by atoms with Gasteiger partial charge in [-0.2, -0.15) is 0 Å². The lowest BCUT2D eigenvalue weighted by molar-refractivity contribution is -0.139. The molecule has 1 aromatic rings. The van der Waals surface area contributed by atoms with Gasteiger partial charge in [0.15, 0.2) is 16.4 Å². The molecule has 31 heavy (non-hydrogen) atoms. The number of carbonyl (C=O) groups is 2. The van der Waals surface area contributed by atoms with Crippen molar-refractivity contribution in [1.82, 2.24) is 4.90 Å². The summed E-state index contributed by atoms with van der Waals surface area (Å²) in [5.41, 5.74) is 1.25. The number of nitrogens with zero attached hydrogens (tertiary/aromatic N) is 1. The molecule has 1 saturated carbocycles. The summed E-state index contributed by atoms with van der Waals surface area (Å²) in [4.78, 5) is 29.4. The SMILES string of the molecule is O=C(OCC(=O)N(C1CCCCC1)C1CCS(=O)(=O)C1)c1cc2c(s1)CCCCCC2. The standard InChI is InChI=1S/C23H33NO5S2/c25-22(24(18-9-5-3-6-10-18)19-12-13-31(27,28)16-19)15-29-23(26)21-14-17-8-4-1-2-7-11-20(17)30-21/h14,18-19H,1-13,15-16H2. The molecule has 3 aliphatic rings. The van der Waals surface area contributed by atoms with Gasteiger partial charge in [0.1, 0.15) is 4.88 Å². The summed E-state index contributed by atoms with van der Waals surface area (Å²) in [6.45, 7) is -0.311. The highest BCUT2D eigenvalue weighted by Gasteiger charge is 2.38.